The predicted molar refractivity (Wildman–Crippen MR) is 116 cm³/mol. The molecule has 5 rings (SSSR count). The van der Waals surface area contributed by atoms with E-state index in [2.05, 4.69) is 12.1 Å². The van der Waals surface area contributed by atoms with E-state index in [1.54, 1.807) is 12.1 Å². The first-order chi connectivity index (χ1) is 14.8. The van der Waals surface area contributed by atoms with Crippen LogP contribution in [0, 0.1) is 0 Å². The van der Waals surface area contributed by atoms with Crippen LogP contribution in [0.2, 0.25) is 0 Å². The van der Waals surface area contributed by atoms with Gasteiger partial charge in [-0.1, -0.05) is 91.0 Å². The number of hydrogen-bond donors (Lipinski definition) is 0. The third-order valence-corrected chi connectivity index (χ3v) is 5.35. The maximum atomic E-state index is 13.2. The van der Waals surface area contributed by atoms with Crippen LogP contribution in [0.15, 0.2) is 103 Å². The summed E-state index contributed by atoms with van der Waals surface area (Å²) in [5, 5.41) is 0. The largest absolute Gasteiger partial charge is 0.488 e. The van der Waals surface area contributed by atoms with Crippen molar-refractivity contribution in [2.24, 2.45) is 0 Å². The van der Waals surface area contributed by atoms with Gasteiger partial charge < -0.3 is 9.47 Å². The monoisotopic (exact) mass is 392 g/mol. The van der Waals surface area contributed by atoms with E-state index in [1.165, 1.54) is 0 Å². The summed E-state index contributed by atoms with van der Waals surface area (Å²) >= 11 is 0. The van der Waals surface area contributed by atoms with Crippen LogP contribution in [-0.2, 0) is 11.3 Å². The summed E-state index contributed by atoms with van der Waals surface area (Å²) in [5.74, 6) is 0.126. The molecular weight excluding hydrogens is 372 g/mol. The molecule has 1 aliphatic rings. The quantitative estimate of drug-likeness (QED) is 0.380. The second kappa shape index (κ2) is 7.88. The Morgan fingerprint density at radius 1 is 0.667 bits per heavy atom. The first kappa shape index (κ1) is 18.2. The number of ether oxygens (including phenoxy) is 2. The molecule has 3 nitrogen and oxygen atoms in total. The fraction of sp³-hybridized carbons (Fsp3) is 0.0741. The van der Waals surface area contributed by atoms with Gasteiger partial charge in [0.2, 0.25) is 0 Å². The summed E-state index contributed by atoms with van der Waals surface area (Å²) in [6.07, 6.45) is -0.424. The molecule has 0 unspecified atom stereocenters. The van der Waals surface area contributed by atoms with E-state index in [9.17, 15) is 4.79 Å². The molecule has 0 aromatic heterocycles. The Labute approximate surface area is 175 Å². The topological polar surface area (TPSA) is 35.5 Å². The molecule has 30 heavy (non-hydrogen) atoms. The molecule has 0 saturated carbocycles. The highest BCUT2D eigenvalue weighted by Crippen LogP contribution is 2.45. The molecule has 0 N–H and O–H groups in total. The van der Waals surface area contributed by atoms with Crippen LogP contribution in [0.25, 0.3) is 11.1 Å². The minimum absolute atomic E-state index is 0.389. The third kappa shape index (κ3) is 3.35. The number of carbonyl (C=O) groups is 1. The molecule has 0 radical (unpaired) electrons. The van der Waals surface area contributed by atoms with Crippen molar-refractivity contribution in [3.8, 4) is 16.9 Å². The third-order valence-electron chi connectivity index (χ3n) is 5.35. The smallest absolute Gasteiger partial charge is 0.342 e. The molecule has 3 heteroatoms. The lowest BCUT2D eigenvalue weighted by Gasteiger charge is -2.17. The van der Waals surface area contributed by atoms with Gasteiger partial charge in [0.1, 0.15) is 17.9 Å². The van der Waals surface area contributed by atoms with Crippen molar-refractivity contribution in [2.45, 2.75) is 12.7 Å². The highest BCUT2D eigenvalue weighted by Gasteiger charge is 2.31. The maximum Gasteiger partial charge on any atom is 0.342 e. The molecule has 0 atom stereocenters. The zero-order valence-electron chi connectivity index (χ0n) is 16.3. The number of para-hydroxylation sites is 1. The number of esters is 1. The molecule has 0 fully saturated rings. The molecule has 0 aliphatic heterocycles. The Hall–Kier alpha value is -3.85. The minimum atomic E-state index is -0.424. The standard InChI is InChI=1S/C27H20O3/c28-27(24-16-8-9-17-25(24)29-18-19-10-2-1-3-11-19)30-26-22-14-6-4-12-20(22)21-13-5-7-15-23(21)26/h1-17,26H,18H2. The van der Waals surface area contributed by atoms with Gasteiger partial charge in [-0.2, -0.15) is 0 Å². The molecule has 4 aromatic carbocycles. The van der Waals surface area contributed by atoms with Gasteiger partial charge in [0.15, 0.2) is 6.10 Å². The van der Waals surface area contributed by atoms with Gasteiger partial charge in [-0.25, -0.2) is 4.79 Å². The van der Waals surface area contributed by atoms with Crippen molar-refractivity contribution < 1.29 is 14.3 Å². The summed E-state index contributed by atoms with van der Waals surface area (Å²) in [6, 6.07) is 33.2. The van der Waals surface area contributed by atoms with Crippen molar-refractivity contribution >= 4 is 5.97 Å². The van der Waals surface area contributed by atoms with Gasteiger partial charge in [-0.15, -0.1) is 0 Å². The average Bonchev–Trinajstić information content (AvgIpc) is 3.12. The summed E-state index contributed by atoms with van der Waals surface area (Å²) in [6.45, 7) is 0.389. The normalized spacial score (nSPS) is 12.1. The van der Waals surface area contributed by atoms with Crippen LogP contribution >= 0.6 is 0 Å². The minimum Gasteiger partial charge on any atom is -0.488 e. The number of benzene rings is 4. The molecule has 0 saturated heterocycles. The number of fused-ring (bicyclic) bond motifs is 3. The Morgan fingerprint density at radius 2 is 1.23 bits per heavy atom. The van der Waals surface area contributed by atoms with Crippen molar-refractivity contribution in [3.63, 3.8) is 0 Å². The fourth-order valence-corrected chi connectivity index (χ4v) is 3.90. The van der Waals surface area contributed by atoms with E-state index in [4.69, 9.17) is 9.47 Å². The van der Waals surface area contributed by atoms with Crippen LogP contribution in [-0.4, -0.2) is 5.97 Å². The van der Waals surface area contributed by atoms with Gasteiger partial charge in [-0.3, -0.25) is 0 Å². The highest BCUT2D eigenvalue weighted by molar-refractivity contribution is 5.93. The lowest BCUT2D eigenvalue weighted by Crippen LogP contribution is -2.12. The molecule has 0 heterocycles. The molecule has 146 valence electrons. The van der Waals surface area contributed by atoms with Crippen LogP contribution in [0.3, 0.4) is 0 Å². The van der Waals surface area contributed by atoms with Gasteiger partial charge in [0, 0.05) is 11.1 Å². The van der Waals surface area contributed by atoms with Crippen LogP contribution in [0.4, 0.5) is 0 Å². The van der Waals surface area contributed by atoms with E-state index in [-0.39, 0.29) is 0 Å². The van der Waals surface area contributed by atoms with E-state index >= 15 is 0 Å². The number of rotatable bonds is 5. The van der Waals surface area contributed by atoms with Crippen LogP contribution < -0.4 is 4.74 Å². The summed E-state index contributed by atoms with van der Waals surface area (Å²) in [4.78, 5) is 13.2. The predicted octanol–water partition coefficient (Wildman–Crippen LogP) is 6.19. The first-order valence-corrected chi connectivity index (χ1v) is 9.96. The SMILES string of the molecule is O=C(OC1c2ccccc2-c2ccccc21)c1ccccc1OCc1ccccc1. The molecule has 0 bridgehead atoms. The van der Waals surface area contributed by atoms with Gasteiger partial charge in [0.05, 0.1) is 0 Å². The van der Waals surface area contributed by atoms with Crippen molar-refractivity contribution in [2.75, 3.05) is 0 Å². The second-order valence-corrected chi connectivity index (χ2v) is 7.23. The fourth-order valence-electron chi connectivity index (χ4n) is 3.90. The number of hydrogen-bond acceptors (Lipinski definition) is 3. The summed E-state index contributed by atoms with van der Waals surface area (Å²) in [7, 11) is 0. The lowest BCUT2D eigenvalue weighted by molar-refractivity contribution is 0.0381. The molecule has 0 amide bonds. The van der Waals surface area contributed by atoms with Gasteiger partial charge >= 0.3 is 5.97 Å². The van der Waals surface area contributed by atoms with E-state index in [0.717, 1.165) is 27.8 Å². The zero-order chi connectivity index (χ0) is 20.3. The highest BCUT2D eigenvalue weighted by atomic mass is 16.5. The Balaban J connectivity index is 1.41. The van der Waals surface area contributed by atoms with E-state index in [1.807, 2.05) is 78.9 Å². The first-order valence-electron chi connectivity index (χ1n) is 9.96. The van der Waals surface area contributed by atoms with Gasteiger partial charge in [-0.05, 0) is 28.8 Å². The van der Waals surface area contributed by atoms with E-state index < -0.39 is 12.1 Å². The van der Waals surface area contributed by atoms with Crippen molar-refractivity contribution in [1.82, 2.24) is 0 Å². The van der Waals surface area contributed by atoms with E-state index in [0.29, 0.717) is 17.9 Å². The second-order valence-electron chi connectivity index (χ2n) is 7.23. The van der Waals surface area contributed by atoms with Crippen molar-refractivity contribution in [3.05, 3.63) is 125 Å². The van der Waals surface area contributed by atoms with Crippen LogP contribution in [0.5, 0.6) is 5.75 Å². The Bertz CT molecular complexity index is 1150. The molecule has 4 aromatic rings. The zero-order valence-corrected chi connectivity index (χ0v) is 16.3. The Morgan fingerprint density at radius 3 is 1.93 bits per heavy atom. The van der Waals surface area contributed by atoms with Crippen LogP contribution in [0.1, 0.15) is 33.2 Å². The average molecular weight is 392 g/mol. The lowest BCUT2D eigenvalue weighted by atomic mass is 10.1. The summed E-state index contributed by atoms with van der Waals surface area (Å²) in [5.41, 5.74) is 5.71. The molecular formula is C27H20O3. The maximum absolute atomic E-state index is 13.2. The molecule has 0 spiro atoms. The summed E-state index contributed by atoms with van der Waals surface area (Å²) < 4.78 is 12.0. The number of carbonyl (C=O) groups excluding carboxylic acids is 1. The van der Waals surface area contributed by atoms with Gasteiger partial charge in [0.25, 0.3) is 0 Å². The Kier molecular flexibility index (Phi) is 4.78. The molecule has 1 aliphatic carbocycles. The van der Waals surface area contributed by atoms with Crippen molar-refractivity contribution in [1.29, 1.82) is 0 Å².